The standard InChI is InChI=1S/C14H16N2/c1-2-11-5-3-7-13(9-11)16-14-8-4-6-12(15)10-14/h3-10,16H,2,15H2,1H3. The van der Waals surface area contributed by atoms with Crippen molar-refractivity contribution in [3.63, 3.8) is 0 Å². The van der Waals surface area contributed by atoms with E-state index in [0.717, 1.165) is 23.5 Å². The SMILES string of the molecule is CCc1cccc(Nc2cccc(N)c2)c1. The van der Waals surface area contributed by atoms with Gasteiger partial charge in [-0.3, -0.25) is 0 Å². The van der Waals surface area contributed by atoms with Gasteiger partial charge >= 0.3 is 0 Å². The van der Waals surface area contributed by atoms with Gasteiger partial charge in [0.2, 0.25) is 0 Å². The number of nitrogens with two attached hydrogens (primary N) is 1. The highest BCUT2D eigenvalue weighted by Crippen LogP contribution is 2.19. The molecule has 2 nitrogen and oxygen atoms in total. The zero-order valence-electron chi connectivity index (χ0n) is 9.40. The molecule has 2 aromatic rings. The third kappa shape index (κ3) is 2.54. The van der Waals surface area contributed by atoms with E-state index in [1.165, 1.54) is 5.56 Å². The van der Waals surface area contributed by atoms with Crippen LogP contribution in [-0.2, 0) is 6.42 Å². The second-order valence-electron chi connectivity index (χ2n) is 3.80. The average molecular weight is 212 g/mol. The second-order valence-corrected chi connectivity index (χ2v) is 3.80. The van der Waals surface area contributed by atoms with Gasteiger partial charge in [-0.1, -0.05) is 25.1 Å². The molecule has 0 fully saturated rings. The smallest absolute Gasteiger partial charge is 0.0404 e. The number of anilines is 3. The minimum absolute atomic E-state index is 0.775. The fourth-order valence-corrected chi connectivity index (χ4v) is 1.65. The van der Waals surface area contributed by atoms with Crippen molar-refractivity contribution in [1.29, 1.82) is 0 Å². The summed E-state index contributed by atoms with van der Waals surface area (Å²) in [5.74, 6) is 0. The van der Waals surface area contributed by atoms with Crippen LogP contribution in [0.3, 0.4) is 0 Å². The predicted octanol–water partition coefficient (Wildman–Crippen LogP) is 3.57. The van der Waals surface area contributed by atoms with Crippen LogP contribution in [0.2, 0.25) is 0 Å². The lowest BCUT2D eigenvalue weighted by atomic mass is 10.1. The van der Waals surface area contributed by atoms with Gasteiger partial charge in [0.25, 0.3) is 0 Å². The Balaban J connectivity index is 2.20. The van der Waals surface area contributed by atoms with Crippen molar-refractivity contribution in [1.82, 2.24) is 0 Å². The maximum Gasteiger partial charge on any atom is 0.0404 e. The van der Waals surface area contributed by atoms with E-state index in [4.69, 9.17) is 5.73 Å². The van der Waals surface area contributed by atoms with Gasteiger partial charge in [0, 0.05) is 17.1 Å². The number of nitrogens with one attached hydrogen (secondary N) is 1. The first-order valence-electron chi connectivity index (χ1n) is 5.49. The van der Waals surface area contributed by atoms with E-state index in [9.17, 15) is 0 Å². The molecular weight excluding hydrogens is 196 g/mol. The van der Waals surface area contributed by atoms with Crippen LogP contribution in [0.15, 0.2) is 48.5 Å². The number of nitrogen functional groups attached to an aromatic ring is 1. The van der Waals surface area contributed by atoms with E-state index in [1.807, 2.05) is 24.3 Å². The molecule has 2 rings (SSSR count). The zero-order valence-corrected chi connectivity index (χ0v) is 9.40. The molecule has 0 saturated heterocycles. The lowest BCUT2D eigenvalue weighted by Gasteiger charge is -2.08. The van der Waals surface area contributed by atoms with Crippen molar-refractivity contribution in [2.75, 3.05) is 11.1 Å². The van der Waals surface area contributed by atoms with Crippen LogP contribution in [0.5, 0.6) is 0 Å². The molecule has 2 heteroatoms. The summed E-state index contributed by atoms with van der Waals surface area (Å²) in [6, 6.07) is 16.2. The maximum atomic E-state index is 5.73. The molecule has 3 N–H and O–H groups in total. The average Bonchev–Trinajstić information content (AvgIpc) is 2.29. The van der Waals surface area contributed by atoms with Gasteiger partial charge in [0.15, 0.2) is 0 Å². The van der Waals surface area contributed by atoms with Crippen LogP contribution in [0.4, 0.5) is 17.1 Å². The molecule has 0 saturated carbocycles. The van der Waals surface area contributed by atoms with Crippen molar-refractivity contribution in [2.24, 2.45) is 0 Å². The third-order valence-corrected chi connectivity index (χ3v) is 2.51. The number of aryl methyl sites for hydroxylation is 1. The van der Waals surface area contributed by atoms with Crippen LogP contribution in [0.1, 0.15) is 12.5 Å². The van der Waals surface area contributed by atoms with Gasteiger partial charge < -0.3 is 11.1 Å². The molecule has 0 aliphatic carbocycles. The van der Waals surface area contributed by atoms with E-state index in [0.29, 0.717) is 0 Å². The summed E-state index contributed by atoms with van der Waals surface area (Å²) in [7, 11) is 0. The fourth-order valence-electron chi connectivity index (χ4n) is 1.65. The van der Waals surface area contributed by atoms with Crippen molar-refractivity contribution < 1.29 is 0 Å². The zero-order chi connectivity index (χ0) is 11.4. The van der Waals surface area contributed by atoms with E-state index < -0.39 is 0 Å². The molecule has 0 spiro atoms. The summed E-state index contributed by atoms with van der Waals surface area (Å²) in [6.07, 6.45) is 1.05. The van der Waals surface area contributed by atoms with Gasteiger partial charge in [-0.25, -0.2) is 0 Å². The number of hydrogen-bond donors (Lipinski definition) is 2. The summed E-state index contributed by atoms with van der Waals surface area (Å²) in [5, 5.41) is 3.34. The highest BCUT2D eigenvalue weighted by atomic mass is 14.9. The number of hydrogen-bond acceptors (Lipinski definition) is 2. The van der Waals surface area contributed by atoms with Crippen molar-refractivity contribution in [2.45, 2.75) is 13.3 Å². The van der Waals surface area contributed by atoms with Crippen LogP contribution >= 0.6 is 0 Å². The first kappa shape index (κ1) is 10.6. The Kier molecular flexibility index (Phi) is 3.10. The molecule has 0 aliphatic heterocycles. The molecule has 0 atom stereocenters. The first-order valence-corrected chi connectivity index (χ1v) is 5.49. The first-order chi connectivity index (χ1) is 7.78. The van der Waals surface area contributed by atoms with Crippen molar-refractivity contribution >= 4 is 17.1 Å². The molecule has 16 heavy (non-hydrogen) atoms. The Morgan fingerprint density at radius 3 is 2.38 bits per heavy atom. The van der Waals surface area contributed by atoms with E-state index in [1.54, 1.807) is 0 Å². The molecule has 82 valence electrons. The van der Waals surface area contributed by atoms with Crippen LogP contribution in [0.25, 0.3) is 0 Å². The highest BCUT2D eigenvalue weighted by Gasteiger charge is 1.96. The maximum absolute atomic E-state index is 5.73. The fraction of sp³-hybridized carbons (Fsp3) is 0.143. The molecular formula is C14H16N2. The van der Waals surface area contributed by atoms with Crippen LogP contribution < -0.4 is 11.1 Å². The topological polar surface area (TPSA) is 38.0 Å². The molecule has 0 aliphatic rings. The van der Waals surface area contributed by atoms with Gasteiger partial charge in [-0.2, -0.15) is 0 Å². The molecule has 0 radical (unpaired) electrons. The third-order valence-electron chi connectivity index (χ3n) is 2.51. The Morgan fingerprint density at radius 1 is 1.00 bits per heavy atom. The molecule has 0 heterocycles. The summed E-state index contributed by atoms with van der Waals surface area (Å²) in [4.78, 5) is 0. The Morgan fingerprint density at radius 2 is 1.69 bits per heavy atom. The second kappa shape index (κ2) is 4.71. The van der Waals surface area contributed by atoms with Crippen molar-refractivity contribution in [3.05, 3.63) is 54.1 Å². The number of benzene rings is 2. The van der Waals surface area contributed by atoms with Gasteiger partial charge in [-0.05, 0) is 42.3 Å². The normalized spacial score (nSPS) is 10.1. The molecule has 0 aromatic heterocycles. The minimum Gasteiger partial charge on any atom is -0.399 e. The summed E-state index contributed by atoms with van der Waals surface area (Å²) in [6.45, 7) is 2.15. The Hall–Kier alpha value is -1.96. The van der Waals surface area contributed by atoms with E-state index in [2.05, 4.69) is 36.5 Å². The van der Waals surface area contributed by atoms with E-state index in [-0.39, 0.29) is 0 Å². The quantitative estimate of drug-likeness (QED) is 0.763. The Bertz CT molecular complexity index is 478. The Labute approximate surface area is 96.1 Å². The molecule has 0 unspecified atom stereocenters. The molecule has 2 aromatic carbocycles. The largest absolute Gasteiger partial charge is 0.399 e. The van der Waals surface area contributed by atoms with Crippen molar-refractivity contribution in [3.8, 4) is 0 Å². The lowest BCUT2D eigenvalue weighted by molar-refractivity contribution is 1.14. The summed E-state index contributed by atoms with van der Waals surface area (Å²) in [5.41, 5.74) is 9.95. The molecule has 0 bridgehead atoms. The minimum atomic E-state index is 0.775. The monoisotopic (exact) mass is 212 g/mol. The van der Waals surface area contributed by atoms with Gasteiger partial charge in [0.05, 0.1) is 0 Å². The highest BCUT2D eigenvalue weighted by molar-refractivity contribution is 5.63. The number of rotatable bonds is 3. The predicted molar refractivity (Wildman–Crippen MR) is 70.0 cm³/mol. The van der Waals surface area contributed by atoms with Gasteiger partial charge in [-0.15, -0.1) is 0 Å². The lowest BCUT2D eigenvalue weighted by Crippen LogP contribution is -1.92. The summed E-state index contributed by atoms with van der Waals surface area (Å²) < 4.78 is 0. The van der Waals surface area contributed by atoms with Crippen LogP contribution in [-0.4, -0.2) is 0 Å². The van der Waals surface area contributed by atoms with Crippen LogP contribution in [0, 0.1) is 0 Å². The van der Waals surface area contributed by atoms with Gasteiger partial charge in [0.1, 0.15) is 0 Å². The molecule has 0 amide bonds. The van der Waals surface area contributed by atoms with E-state index >= 15 is 0 Å². The summed E-state index contributed by atoms with van der Waals surface area (Å²) >= 11 is 0.